The second-order valence-electron chi connectivity index (χ2n) is 3.25. The Morgan fingerprint density at radius 2 is 2.07 bits per heavy atom. The second-order valence-corrected chi connectivity index (χ2v) is 6.41. The molecule has 1 aromatic rings. The molecule has 0 aliphatic carbocycles. The van der Waals surface area contributed by atoms with E-state index < -0.39 is 13.1 Å². The molecule has 0 N–H and O–H groups in total. The number of esters is 1. The van der Waals surface area contributed by atoms with Gasteiger partial charge in [-0.15, -0.1) is 0 Å². The molecule has 4 nitrogen and oxygen atoms in total. The highest BCUT2D eigenvalue weighted by Crippen LogP contribution is 2.33. The zero-order valence-electron chi connectivity index (χ0n) is 8.35. The minimum atomic E-state index is -2.34. The summed E-state index contributed by atoms with van der Waals surface area (Å²) in [5.41, 5.74) is 0.884. The van der Waals surface area contributed by atoms with Crippen molar-refractivity contribution in [1.29, 1.82) is 0 Å². The van der Waals surface area contributed by atoms with Gasteiger partial charge in [-0.05, 0) is 25.5 Å². The molecule has 0 amide bonds. The number of rotatable bonds is 2. The van der Waals surface area contributed by atoms with Crippen LogP contribution in [0.5, 0.6) is 0 Å². The molecule has 0 aliphatic rings. The van der Waals surface area contributed by atoms with Gasteiger partial charge in [0.15, 0.2) is 0 Å². The van der Waals surface area contributed by atoms with E-state index in [2.05, 4.69) is 9.72 Å². The molecule has 0 aromatic carbocycles. The maximum Gasteiger partial charge on any atom is 0.339 e. The molecule has 76 valence electrons. The summed E-state index contributed by atoms with van der Waals surface area (Å²) in [6, 6.07) is 3.15. The van der Waals surface area contributed by atoms with Crippen LogP contribution in [-0.4, -0.2) is 31.4 Å². The Bertz CT molecular complexity index is 380. The summed E-state index contributed by atoms with van der Waals surface area (Å²) in [5, 5.41) is 0. The van der Waals surface area contributed by atoms with E-state index >= 15 is 0 Å². The number of hydrogen-bond acceptors (Lipinski definition) is 4. The van der Waals surface area contributed by atoms with Crippen LogP contribution in [0.25, 0.3) is 0 Å². The molecular formula is C9H12NO3P. The summed E-state index contributed by atoms with van der Waals surface area (Å²) < 4.78 is 16.1. The van der Waals surface area contributed by atoms with Crippen LogP contribution in [0.15, 0.2) is 18.3 Å². The topological polar surface area (TPSA) is 56.3 Å². The minimum absolute atomic E-state index is 0.365. The van der Waals surface area contributed by atoms with Crippen molar-refractivity contribution >= 4 is 18.5 Å². The third kappa shape index (κ3) is 2.42. The van der Waals surface area contributed by atoms with Gasteiger partial charge >= 0.3 is 5.97 Å². The average Bonchev–Trinajstić information content (AvgIpc) is 2.15. The van der Waals surface area contributed by atoms with Crippen molar-refractivity contribution in [2.75, 3.05) is 20.4 Å². The van der Waals surface area contributed by atoms with Crippen LogP contribution >= 0.6 is 7.14 Å². The number of methoxy groups -OCH3 is 1. The summed E-state index contributed by atoms with van der Waals surface area (Å²) in [6.45, 7) is 3.26. The Hall–Kier alpha value is -1.15. The lowest BCUT2D eigenvalue weighted by Gasteiger charge is -2.05. The highest BCUT2D eigenvalue weighted by atomic mass is 31.2. The van der Waals surface area contributed by atoms with Gasteiger partial charge < -0.3 is 9.30 Å². The van der Waals surface area contributed by atoms with Crippen molar-refractivity contribution in [3.05, 3.63) is 23.9 Å². The molecule has 1 rings (SSSR count). The van der Waals surface area contributed by atoms with Crippen molar-refractivity contribution in [3.8, 4) is 0 Å². The predicted molar refractivity (Wildman–Crippen MR) is 54.7 cm³/mol. The number of pyridine rings is 1. The monoisotopic (exact) mass is 213 g/mol. The van der Waals surface area contributed by atoms with E-state index in [1.54, 1.807) is 25.5 Å². The number of aromatic nitrogens is 1. The third-order valence-electron chi connectivity index (χ3n) is 1.72. The van der Waals surface area contributed by atoms with Gasteiger partial charge in [0.05, 0.1) is 18.1 Å². The van der Waals surface area contributed by atoms with Crippen LogP contribution in [0, 0.1) is 0 Å². The summed E-state index contributed by atoms with van der Waals surface area (Å²) in [6.07, 6.45) is 1.38. The van der Waals surface area contributed by atoms with E-state index in [1.165, 1.54) is 13.3 Å². The lowest BCUT2D eigenvalue weighted by atomic mass is 10.3. The van der Waals surface area contributed by atoms with E-state index in [4.69, 9.17) is 0 Å². The average molecular weight is 213 g/mol. The van der Waals surface area contributed by atoms with Crippen molar-refractivity contribution in [1.82, 2.24) is 4.98 Å². The molecule has 0 saturated heterocycles. The zero-order valence-corrected chi connectivity index (χ0v) is 9.25. The van der Waals surface area contributed by atoms with Crippen molar-refractivity contribution in [2.45, 2.75) is 0 Å². The van der Waals surface area contributed by atoms with Gasteiger partial charge in [-0.1, -0.05) is 0 Å². The Morgan fingerprint density at radius 3 is 2.43 bits per heavy atom. The fourth-order valence-electron chi connectivity index (χ4n) is 0.943. The highest BCUT2D eigenvalue weighted by molar-refractivity contribution is 7.69. The van der Waals surface area contributed by atoms with Crippen LogP contribution in [-0.2, 0) is 9.30 Å². The minimum Gasteiger partial charge on any atom is -0.465 e. The maximum atomic E-state index is 11.6. The van der Waals surface area contributed by atoms with Crippen LogP contribution < -0.4 is 5.44 Å². The standard InChI is InChI=1S/C9H12NO3P/c1-13-9(11)7-4-5-8(10-6-7)14(2,3)12/h4-6H,1-3H3. The predicted octanol–water partition coefficient (Wildman–Crippen LogP) is 1.12. The van der Waals surface area contributed by atoms with Crippen LogP contribution in [0.1, 0.15) is 10.4 Å². The number of hydrogen-bond donors (Lipinski definition) is 0. The highest BCUT2D eigenvalue weighted by Gasteiger charge is 2.13. The summed E-state index contributed by atoms with van der Waals surface area (Å²) in [5.74, 6) is -0.439. The molecule has 1 heterocycles. The largest absolute Gasteiger partial charge is 0.465 e. The SMILES string of the molecule is COC(=O)c1ccc(P(C)(C)=O)nc1. The molecule has 0 radical (unpaired) electrons. The molecule has 0 aliphatic heterocycles. The van der Waals surface area contributed by atoms with Gasteiger partial charge in [0, 0.05) is 6.20 Å². The van der Waals surface area contributed by atoms with E-state index in [0.29, 0.717) is 11.0 Å². The van der Waals surface area contributed by atoms with Gasteiger partial charge in [-0.25, -0.2) is 4.79 Å². The summed E-state index contributed by atoms with van der Waals surface area (Å²) in [7, 11) is -1.03. The molecule has 5 heteroatoms. The molecule has 0 saturated carbocycles. The van der Waals surface area contributed by atoms with E-state index in [1.807, 2.05) is 0 Å². The molecule has 0 atom stereocenters. The molecule has 0 spiro atoms. The lowest BCUT2D eigenvalue weighted by Crippen LogP contribution is -2.10. The van der Waals surface area contributed by atoms with E-state index in [-0.39, 0.29) is 0 Å². The number of carbonyl (C=O) groups excluding carboxylic acids is 1. The molecular weight excluding hydrogens is 201 g/mol. The van der Waals surface area contributed by atoms with Gasteiger partial charge in [-0.2, -0.15) is 0 Å². The Labute approximate surface area is 82.7 Å². The maximum absolute atomic E-state index is 11.6. The fraction of sp³-hybridized carbons (Fsp3) is 0.333. The number of nitrogens with zero attached hydrogens (tertiary/aromatic N) is 1. The Kier molecular flexibility index (Phi) is 3.06. The van der Waals surface area contributed by atoms with E-state index in [0.717, 1.165) is 0 Å². The van der Waals surface area contributed by atoms with Gasteiger partial charge in [0.25, 0.3) is 0 Å². The van der Waals surface area contributed by atoms with E-state index in [9.17, 15) is 9.36 Å². The molecule has 0 bridgehead atoms. The third-order valence-corrected chi connectivity index (χ3v) is 3.09. The van der Waals surface area contributed by atoms with Gasteiger partial charge in [0.2, 0.25) is 0 Å². The van der Waals surface area contributed by atoms with Crippen molar-refractivity contribution < 1.29 is 14.1 Å². The fourth-order valence-corrected chi connectivity index (χ4v) is 1.71. The van der Waals surface area contributed by atoms with Crippen molar-refractivity contribution in [2.24, 2.45) is 0 Å². The first kappa shape index (κ1) is 10.9. The Balaban J connectivity index is 3.01. The van der Waals surface area contributed by atoms with Crippen LogP contribution in [0.2, 0.25) is 0 Å². The lowest BCUT2D eigenvalue weighted by molar-refractivity contribution is 0.0600. The normalized spacial score (nSPS) is 11.1. The first-order valence-corrected chi connectivity index (χ1v) is 6.65. The molecule has 0 unspecified atom stereocenters. The van der Waals surface area contributed by atoms with Gasteiger partial charge in [0.1, 0.15) is 7.14 Å². The summed E-state index contributed by atoms with van der Waals surface area (Å²) in [4.78, 5) is 15.0. The number of ether oxygens (including phenoxy) is 1. The first-order chi connectivity index (χ1) is 6.45. The first-order valence-electron chi connectivity index (χ1n) is 4.05. The smallest absolute Gasteiger partial charge is 0.339 e. The van der Waals surface area contributed by atoms with Gasteiger partial charge in [-0.3, -0.25) is 4.98 Å². The Morgan fingerprint density at radius 1 is 1.43 bits per heavy atom. The molecule has 0 fully saturated rings. The number of carbonyl (C=O) groups is 1. The van der Waals surface area contributed by atoms with Crippen LogP contribution in [0.3, 0.4) is 0 Å². The molecule has 14 heavy (non-hydrogen) atoms. The summed E-state index contributed by atoms with van der Waals surface area (Å²) >= 11 is 0. The molecule has 1 aromatic heterocycles. The van der Waals surface area contributed by atoms with Crippen molar-refractivity contribution in [3.63, 3.8) is 0 Å². The zero-order chi connectivity index (χ0) is 10.8. The quantitative estimate of drug-likeness (QED) is 0.545. The van der Waals surface area contributed by atoms with Crippen LogP contribution in [0.4, 0.5) is 0 Å². The second kappa shape index (κ2) is 3.93.